The van der Waals surface area contributed by atoms with Crippen LogP contribution in [0.5, 0.6) is 0 Å². The third-order valence-electron chi connectivity index (χ3n) is 4.76. The fourth-order valence-corrected chi connectivity index (χ4v) is 3.33. The van der Waals surface area contributed by atoms with Gasteiger partial charge in [0.1, 0.15) is 5.69 Å². The first kappa shape index (κ1) is 21.4. The first-order valence-electron chi connectivity index (χ1n) is 9.36. The SMILES string of the molecule is COC(=O)c1[nH]c(C)c(C(=O)C(C)N(CC(C)C)C(=O)c2ccccc2)c1C. The first-order valence-corrected chi connectivity index (χ1v) is 9.36. The molecule has 1 N–H and O–H groups in total. The smallest absolute Gasteiger partial charge is 0.354 e. The van der Waals surface area contributed by atoms with Crippen LogP contribution in [0, 0.1) is 19.8 Å². The Balaban J connectivity index is 2.41. The molecular weight excluding hydrogens is 356 g/mol. The van der Waals surface area contributed by atoms with E-state index in [-0.39, 0.29) is 23.3 Å². The molecule has 0 saturated heterocycles. The van der Waals surface area contributed by atoms with E-state index in [0.717, 1.165) is 0 Å². The van der Waals surface area contributed by atoms with Crippen molar-refractivity contribution in [2.75, 3.05) is 13.7 Å². The zero-order chi connectivity index (χ0) is 21.0. The van der Waals surface area contributed by atoms with Crippen molar-refractivity contribution in [1.82, 2.24) is 9.88 Å². The number of ether oxygens (including phenoxy) is 1. The summed E-state index contributed by atoms with van der Waals surface area (Å²) in [5.74, 6) is -0.714. The molecule has 0 saturated carbocycles. The van der Waals surface area contributed by atoms with Crippen LogP contribution in [0.2, 0.25) is 0 Å². The highest BCUT2D eigenvalue weighted by Gasteiger charge is 2.31. The summed E-state index contributed by atoms with van der Waals surface area (Å²) in [6.45, 7) is 9.64. The number of aromatic nitrogens is 1. The molecule has 6 nitrogen and oxygen atoms in total. The van der Waals surface area contributed by atoms with Crippen LogP contribution in [0.3, 0.4) is 0 Å². The van der Waals surface area contributed by atoms with E-state index in [1.54, 1.807) is 49.9 Å². The van der Waals surface area contributed by atoms with Gasteiger partial charge in [0.05, 0.1) is 13.2 Å². The van der Waals surface area contributed by atoms with Crippen molar-refractivity contribution in [2.45, 2.75) is 40.7 Å². The van der Waals surface area contributed by atoms with Crippen LogP contribution in [-0.2, 0) is 4.74 Å². The molecule has 28 heavy (non-hydrogen) atoms. The molecule has 2 rings (SSSR count). The molecule has 0 aliphatic carbocycles. The standard InChI is InChI=1S/C22H28N2O4/c1-13(2)12-24(21(26)17-10-8-7-9-11-17)16(5)20(25)18-14(3)19(22(27)28-6)23-15(18)4/h7-11,13,16,23H,12H2,1-6H3. The maximum atomic E-state index is 13.3. The van der Waals surface area contributed by atoms with Crippen molar-refractivity contribution >= 4 is 17.7 Å². The minimum Gasteiger partial charge on any atom is -0.464 e. The molecule has 1 heterocycles. The summed E-state index contributed by atoms with van der Waals surface area (Å²) in [7, 11) is 1.30. The molecule has 6 heteroatoms. The molecule has 150 valence electrons. The van der Waals surface area contributed by atoms with Crippen molar-refractivity contribution in [3.05, 3.63) is 58.4 Å². The van der Waals surface area contributed by atoms with Gasteiger partial charge in [-0.15, -0.1) is 0 Å². The van der Waals surface area contributed by atoms with Crippen LogP contribution in [0.25, 0.3) is 0 Å². The van der Waals surface area contributed by atoms with Gasteiger partial charge in [-0.25, -0.2) is 4.79 Å². The summed E-state index contributed by atoms with van der Waals surface area (Å²) in [6.07, 6.45) is 0. The third kappa shape index (κ3) is 4.32. The molecule has 0 aliphatic heterocycles. The molecule has 1 aromatic heterocycles. The number of hydrogen-bond acceptors (Lipinski definition) is 4. The maximum Gasteiger partial charge on any atom is 0.354 e. The van der Waals surface area contributed by atoms with Crippen LogP contribution >= 0.6 is 0 Å². The van der Waals surface area contributed by atoms with Crippen LogP contribution < -0.4 is 0 Å². The number of aromatic amines is 1. The summed E-state index contributed by atoms with van der Waals surface area (Å²) < 4.78 is 4.78. The Hall–Kier alpha value is -2.89. The number of hydrogen-bond donors (Lipinski definition) is 1. The van der Waals surface area contributed by atoms with Crippen LogP contribution in [0.1, 0.15) is 63.2 Å². The lowest BCUT2D eigenvalue weighted by Crippen LogP contribution is -2.45. The Morgan fingerprint density at radius 1 is 1.07 bits per heavy atom. The number of methoxy groups -OCH3 is 1. The highest BCUT2D eigenvalue weighted by Crippen LogP contribution is 2.23. The second-order valence-corrected chi connectivity index (χ2v) is 7.37. The molecule has 1 atom stereocenters. The van der Waals surface area contributed by atoms with E-state index < -0.39 is 12.0 Å². The minimum atomic E-state index is -0.672. The average Bonchev–Trinajstić information content (AvgIpc) is 2.98. The number of aryl methyl sites for hydroxylation is 1. The van der Waals surface area contributed by atoms with Gasteiger partial charge in [0.25, 0.3) is 5.91 Å². The molecule has 1 aromatic carbocycles. The molecule has 0 radical (unpaired) electrons. The Morgan fingerprint density at radius 2 is 1.68 bits per heavy atom. The Kier molecular flexibility index (Phi) is 6.78. The number of rotatable bonds is 7. The summed E-state index contributed by atoms with van der Waals surface area (Å²) in [5, 5.41) is 0. The zero-order valence-corrected chi connectivity index (χ0v) is 17.3. The van der Waals surface area contributed by atoms with Crippen LogP contribution in [0.15, 0.2) is 30.3 Å². The second-order valence-electron chi connectivity index (χ2n) is 7.37. The van der Waals surface area contributed by atoms with Gasteiger partial charge in [0.2, 0.25) is 0 Å². The summed E-state index contributed by atoms with van der Waals surface area (Å²) in [5.41, 5.74) is 2.37. The van der Waals surface area contributed by atoms with Gasteiger partial charge in [-0.1, -0.05) is 32.0 Å². The van der Waals surface area contributed by atoms with Crippen molar-refractivity contribution in [3.63, 3.8) is 0 Å². The number of amides is 1. The Labute approximate surface area is 165 Å². The van der Waals surface area contributed by atoms with Crippen molar-refractivity contribution < 1.29 is 19.1 Å². The second kappa shape index (κ2) is 8.87. The fraction of sp³-hybridized carbons (Fsp3) is 0.409. The van der Waals surface area contributed by atoms with E-state index in [0.29, 0.717) is 28.9 Å². The summed E-state index contributed by atoms with van der Waals surface area (Å²) in [4.78, 5) is 42.9. The van der Waals surface area contributed by atoms with Gasteiger partial charge < -0.3 is 14.6 Å². The number of nitrogens with zero attached hydrogens (tertiary/aromatic N) is 1. The number of ketones is 1. The molecular formula is C22H28N2O4. The van der Waals surface area contributed by atoms with Gasteiger partial charge >= 0.3 is 5.97 Å². The van der Waals surface area contributed by atoms with Gasteiger partial charge in [0.15, 0.2) is 5.78 Å². The quantitative estimate of drug-likeness (QED) is 0.582. The largest absolute Gasteiger partial charge is 0.464 e. The third-order valence-corrected chi connectivity index (χ3v) is 4.76. The normalized spacial score (nSPS) is 12.0. The topological polar surface area (TPSA) is 79.5 Å². The van der Waals surface area contributed by atoms with Crippen molar-refractivity contribution in [3.8, 4) is 0 Å². The predicted octanol–water partition coefficient (Wildman–Crippen LogP) is 3.79. The Bertz CT molecular complexity index is 868. The molecule has 0 bridgehead atoms. The van der Waals surface area contributed by atoms with E-state index >= 15 is 0 Å². The minimum absolute atomic E-state index is 0.186. The molecule has 0 spiro atoms. The molecule has 1 amide bonds. The number of Topliss-reactive ketones (excluding diaryl/α,β-unsaturated/α-hetero) is 1. The molecule has 2 aromatic rings. The summed E-state index contributed by atoms with van der Waals surface area (Å²) in [6, 6.07) is 8.27. The number of carbonyl (C=O) groups is 3. The zero-order valence-electron chi connectivity index (χ0n) is 17.3. The number of carbonyl (C=O) groups excluding carboxylic acids is 3. The molecule has 0 aliphatic rings. The van der Waals surface area contributed by atoms with Gasteiger partial charge in [0, 0.05) is 23.4 Å². The van der Waals surface area contributed by atoms with Crippen LogP contribution in [-0.4, -0.2) is 47.2 Å². The van der Waals surface area contributed by atoms with Crippen molar-refractivity contribution in [2.24, 2.45) is 5.92 Å². The van der Waals surface area contributed by atoms with E-state index in [9.17, 15) is 14.4 Å². The lowest BCUT2D eigenvalue weighted by atomic mass is 9.98. The summed E-state index contributed by atoms with van der Waals surface area (Å²) >= 11 is 0. The van der Waals surface area contributed by atoms with E-state index in [1.807, 2.05) is 19.9 Å². The number of H-pyrrole nitrogens is 1. The predicted molar refractivity (Wildman–Crippen MR) is 108 cm³/mol. The lowest BCUT2D eigenvalue weighted by molar-refractivity contribution is 0.0591. The van der Waals surface area contributed by atoms with E-state index in [2.05, 4.69) is 4.98 Å². The molecule has 0 fully saturated rings. The average molecular weight is 384 g/mol. The van der Waals surface area contributed by atoms with E-state index in [1.165, 1.54) is 7.11 Å². The van der Waals surface area contributed by atoms with Crippen molar-refractivity contribution in [1.29, 1.82) is 0 Å². The number of esters is 1. The lowest BCUT2D eigenvalue weighted by Gasteiger charge is -2.30. The molecule has 1 unspecified atom stereocenters. The maximum absolute atomic E-state index is 13.3. The monoisotopic (exact) mass is 384 g/mol. The highest BCUT2D eigenvalue weighted by molar-refractivity contribution is 6.07. The fourth-order valence-electron chi connectivity index (χ4n) is 3.33. The number of nitrogens with one attached hydrogen (secondary N) is 1. The highest BCUT2D eigenvalue weighted by atomic mass is 16.5. The van der Waals surface area contributed by atoms with Gasteiger partial charge in [-0.2, -0.15) is 0 Å². The van der Waals surface area contributed by atoms with Crippen LogP contribution in [0.4, 0.5) is 0 Å². The Morgan fingerprint density at radius 3 is 2.21 bits per heavy atom. The van der Waals surface area contributed by atoms with E-state index in [4.69, 9.17) is 4.74 Å². The van der Waals surface area contributed by atoms with Gasteiger partial charge in [-0.3, -0.25) is 9.59 Å². The number of benzene rings is 1. The van der Waals surface area contributed by atoms with Gasteiger partial charge in [-0.05, 0) is 44.4 Å². The first-order chi connectivity index (χ1) is 13.2.